The molecule has 116 valence electrons. The number of rotatable bonds is 4. The molecule has 0 aromatic heterocycles. The Labute approximate surface area is 129 Å². The predicted octanol–water partition coefficient (Wildman–Crippen LogP) is 4.34. The van der Waals surface area contributed by atoms with Crippen molar-refractivity contribution in [2.75, 3.05) is 13.2 Å². The van der Waals surface area contributed by atoms with Crippen LogP contribution >= 0.6 is 0 Å². The smallest absolute Gasteiger partial charge is 0.122 e. The second-order valence-corrected chi connectivity index (χ2v) is 6.95. The molecule has 0 bridgehead atoms. The number of nitrogens with two attached hydrogens (primary N) is 1. The van der Waals surface area contributed by atoms with Crippen molar-refractivity contribution in [2.24, 2.45) is 23.5 Å². The van der Waals surface area contributed by atoms with Gasteiger partial charge in [0.05, 0.1) is 6.61 Å². The summed E-state index contributed by atoms with van der Waals surface area (Å²) in [5, 5.41) is 0. The Kier molecular flexibility index (Phi) is 4.84. The molecule has 1 aromatic rings. The lowest BCUT2D eigenvalue weighted by molar-refractivity contribution is 0.152. The Morgan fingerprint density at radius 2 is 2.00 bits per heavy atom. The summed E-state index contributed by atoms with van der Waals surface area (Å²) in [4.78, 5) is 0. The first kappa shape index (κ1) is 14.9. The summed E-state index contributed by atoms with van der Waals surface area (Å²) in [5.74, 6) is 4.26. The van der Waals surface area contributed by atoms with E-state index in [1.165, 1.54) is 44.1 Å². The number of hydrogen-bond acceptors (Lipinski definition) is 2. The zero-order chi connectivity index (χ0) is 14.7. The summed E-state index contributed by atoms with van der Waals surface area (Å²) in [6.45, 7) is 4.08. The number of ether oxygens (including phenoxy) is 1. The van der Waals surface area contributed by atoms with Gasteiger partial charge >= 0.3 is 0 Å². The van der Waals surface area contributed by atoms with Gasteiger partial charge in [-0.3, -0.25) is 0 Å². The van der Waals surface area contributed by atoms with E-state index < -0.39 is 0 Å². The topological polar surface area (TPSA) is 35.2 Å². The van der Waals surface area contributed by atoms with Gasteiger partial charge in [0.15, 0.2) is 0 Å². The zero-order valence-corrected chi connectivity index (χ0v) is 13.3. The average molecular weight is 287 g/mol. The Morgan fingerprint density at radius 3 is 2.81 bits per heavy atom. The molecule has 0 amide bonds. The summed E-state index contributed by atoms with van der Waals surface area (Å²) in [7, 11) is 0. The van der Waals surface area contributed by atoms with E-state index in [1.807, 2.05) is 0 Å². The summed E-state index contributed by atoms with van der Waals surface area (Å²) < 4.78 is 5.81. The van der Waals surface area contributed by atoms with Gasteiger partial charge in [-0.1, -0.05) is 38.0 Å². The van der Waals surface area contributed by atoms with Gasteiger partial charge in [-0.15, -0.1) is 0 Å². The van der Waals surface area contributed by atoms with Crippen molar-refractivity contribution in [1.29, 1.82) is 0 Å². The largest absolute Gasteiger partial charge is 0.493 e. The molecule has 0 saturated heterocycles. The van der Waals surface area contributed by atoms with Crippen LogP contribution in [0.1, 0.15) is 56.9 Å². The van der Waals surface area contributed by atoms with E-state index >= 15 is 0 Å². The Hall–Kier alpha value is -1.02. The summed E-state index contributed by atoms with van der Waals surface area (Å²) >= 11 is 0. The lowest BCUT2D eigenvalue weighted by atomic mass is 9.69. The second-order valence-electron chi connectivity index (χ2n) is 6.95. The van der Waals surface area contributed by atoms with Crippen LogP contribution in [-0.2, 0) is 0 Å². The molecule has 4 unspecified atom stereocenters. The van der Waals surface area contributed by atoms with Gasteiger partial charge in [-0.25, -0.2) is 0 Å². The molecule has 21 heavy (non-hydrogen) atoms. The third-order valence-electron chi connectivity index (χ3n) is 5.80. The molecule has 1 fully saturated rings. The van der Waals surface area contributed by atoms with Crippen LogP contribution in [0.2, 0.25) is 0 Å². The van der Waals surface area contributed by atoms with Gasteiger partial charge in [0.2, 0.25) is 0 Å². The molecule has 2 nitrogen and oxygen atoms in total. The van der Waals surface area contributed by atoms with E-state index in [-0.39, 0.29) is 0 Å². The van der Waals surface area contributed by atoms with Gasteiger partial charge in [0.1, 0.15) is 5.75 Å². The van der Waals surface area contributed by atoms with Gasteiger partial charge in [0, 0.05) is 0 Å². The first-order valence-electron chi connectivity index (χ1n) is 8.73. The zero-order valence-electron chi connectivity index (χ0n) is 13.3. The highest BCUT2D eigenvalue weighted by Crippen LogP contribution is 2.44. The molecular weight excluding hydrogens is 258 g/mol. The second kappa shape index (κ2) is 6.83. The minimum absolute atomic E-state index is 0.671. The molecule has 1 saturated carbocycles. The third-order valence-corrected chi connectivity index (χ3v) is 5.80. The Bertz CT molecular complexity index is 459. The van der Waals surface area contributed by atoms with Crippen molar-refractivity contribution in [3.05, 3.63) is 29.8 Å². The number of fused-ring (bicyclic) bond motifs is 1. The molecule has 2 N–H and O–H groups in total. The molecule has 4 atom stereocenters. The van der Waals surface area contributed by atoms with Gasteiger partial charge in [-0.2, -0.15) is 0 Å². The van der Waals surface area contributed by atoms with Crippen LogP contribution in [0.3, 0.4) is 0 Å². The molecule has 2 heteroatoms. The fraction of sp³-hybridized carbons (Fsp3) is 0.684. The summed E-state index contributed by atoms with van der Waals surface area (Å²) in [5.41, 5.74) is 7.48. The molecule has 1 aliphatic carbocycles. The van der Waals surface area contributed by atoms with Crippen molar-refractivity contribution in [2.45, 2.75) is 51.4 Å². The van der Waals surface area contributed by atoms with E-state index in [0.29, 0.717) is 5.92 Å². The Morgan fingerprint density at radius 1 is 1.14 bits per heavy atom. The summed E-state index contributed by atoms with van der Waals surface area (Å²) in [6.07, 6.45) is 7.92. The van der Waals surface area contributed by atoms with Crippen molar-refractivity contribution in [3.8, 4) is 5.75 Å². The predicted molar refractivity (Wildman–Crippen MR) is 87.6 cm³/mol. The third kappa shape index (κ3) is 3.26. The lowest BCUT2D eigenvalue weighted by Crippen LogP contribution is -2.32. The fourth-order valence-electron chi connectivity index (χ4n) is 4.42. The SMILES string of the molecule is CCC1CCC(CN)C(CC2CCOc3ccccc32)C1. The van der Waals surface area contributed by atoms with E-state index in [0.717, 1.165) is 36.7 Å². The molecule has 1 aliphatic heterocycles. The minimum atomic E-state index is 0.671. The molecule has 3 rings (SSSR count). The minimum Gasteiger partial charge on any atom is -0.493 e. The quantitative estimate of drug-likeness (QED) is 0.894. The standard InChI is InChI=1S/C19H29NO/c1-2-14-7-8-16(13-20)17(11-14)12-15-9-10-21-19-6-4-3-5-18(15)19/h3-6,14-17H,2,7-13,20H2,1H3. The van der Waals surface area contributed by atoms with Crippen LogP contribution in [0.15, 0.2) is 24.3 Å². The first-order valence-corrected chi connectivity index (χ1v) is 8.73. The van der Waals surface area contributed by atoms with E-state index in [4.69, 9.17) is 10.5 Å². The highest BCUT2D eigenvalue weighted by Gasteiger charge is 2.32. The first-order chi connectivity index (χ1) is 10.3. The Balaban J connectivity index is 1.73. The van der Waals surface area contributed by atoms with Crippen molar-refractivity contribution >= 4 is 0 Å². The fourth-order valence-corrected chi connectivity index (χ4v) is 4.42. The average Bonchev–Trinajstić information content (AvgIpc) is 2.55. The van der Waals surface area contributed by atoms with Gasteiger partial charge < -0.3 is 10.5 Å². The number of benzene rings is 1. The van der Waals surface area contributed by atoms with E-state index in [2.05, 4.69) is 31.2 Å². The van der Waals surface area contributed by atoms with Gasteiger partial charge in [0.25, 0.3) is 0 Å². The van der Waals surface area contributed by atoms with E-state index in [9.17, 15) is 0 Å². The highest BCUT2D eigenvalue weighted by atomic mass is 16.5. The van der Waals surface area contributed by atoms with Crippen LogP contribution < -0.4 is 10.5 Å². The van der Waals surface area contributed by atoms with Crippen LogP contribution in [0.4, 0.5) is 0 Å². The van der Waals surface area contributed by atoms with Crippen molar-refractivity contribution < 1.29 is 4.74 Å². The molecule has 1 aromatic carbocycles. The number of para-hydroxylation sites is 1. The molecule has 1 heterocycles. The van der Waals surface area contributed by atoms with Crippen LogP contribution in [0.5, 0.6) is 5.75 Å². The van der Waals surface area contributed by atoms with E-state index in [1.54, 1.807) is 0 Å². The number of hydrogen-bond donors (Lipinski definition) is 1. The monoisotopic (exact) mass is 287 g/mol. The lowest BCUT2D eigenvalue weighted by Gasteiger charge is -2.38. The maximum atomic E-state index is 6.06. The van der Waals surface area contributed by atoms with Crippen molar-refractivity contribution in [3.63, 3.8) is 0 Å². The van der Waals surface area contributed by atoms with Crippen LogP contribution in [0, 0.1) is 17.8 Å². The van der Waals surface area contributed by atoms with Crippen LogP contribution in [-0.4, -0.2) is 13.2 Å². The van der Waals surface area contributed by atoms with Gasteiger partial charge in [-0.05, 0) is 67.5 Å². The highest BCUT2D eigenvalue weighted by molar-refractivity contribution is 5.37. The molecule has 0 radical (unpaired) electrons. The molecule has 0 spiro atoms. The van der Waals surface area contributed by atoms with Crippen molar-refractivity contribution in [1.82, 2.24) is 0 Å². The molecular formula is C19H29NO. The normalized spacial score (nSPS) is 32.3. The summed E-state index contributed by atoms with van der Waals surface area (Å²) in [6, 6.07) is 8.61. The maximum Gasteiger partial charge on any atom is 0.122 e. The maximum absolute atomic E-state index is 6.06. The molecule has 2 aliphatic rings. The van der Waals surface area contributed by atoms with Crippen LogP contribution in [0.25, 0.3) is 0 Å².